The minimum atomic E-state index is 0.146. The highest BCUT2D eigenvalue weighted by Gasteiger charge is 2.22. The first-order valence-electron chi connectivity index (χ1n) is 10.6. The number of pyridine rings is 1. The van der Waals surface area contributed by atoms with Crippen molar-refractivity contribution in [1.29, 1.82) is 0 Å². The second-order valence-electron chi connectivity index (χ2n) is 8.00. The van der Waals surface area contributed by atoms with Crippen molar-refractivity contribution in [2.75, 3.05) is 31.9 Å². The van der Waals surface area contributed by atoms with E-state index in [1.54, 1.807) is 6.33 Å². The Morgan fingerprint density at radius 3 is 2.52 bits per heavy atom. The van der Waals surface area contributed by atoms with Gasteiger partial charge in [-0.3, -0.25) is 19.2 Å². The lowest BCUT2D eigenvalue weighted by Gasteiger charge is -2.34. The normalized spacial score (nSPS) is 14.9. The zero-order valence-electron chi connectivity index (χ0n) is 18.0. The Balaban J connectivity index is 1.28. The largest absolute Gasteiger partial charge is 0.339 e. The van der Waals surface area contributed by atoms with Gasteiger partial charge in [0.25, 0.3) is 0 Å². The van der Waals surface area contributed by atoms with Crippen molar-refractivity contribution in [3.05, 3.63) is 66.2 Å². The molecule has 1 fully saturated rings. The van der Waals surface area contributed by atoms with Gasteiger partial charge in [-0.15, -0.1) is 10.2 Å². The zero-order chi connectivity index (χ0) is 21.6. The second-order valence-corrected chi connectivity index (χ2v) is 8.94. The van der Waals surface area contributed by atoms with E-state index in [9.17, 15) is 4.79 Å². The summed E-state index contributed by atoms with van der Waals surface area (Å²) in [5.74, 6) is 1.00. The van der Waals surface area contributed by atoms with Crippen LogP contribution in [0.4, 0.5) is 0 Å². The van der Waals surface area contributed by atoms with Crippen LogP contribution in [0.1, 0.15) is 31.0 Å². The molecule has 3 aromatic rings. The summed E-state index contributed by atoms with van der Waals surface area (Å²) in [6, 6.07) is 14.4. The van der Waals surface area contributed by atoms with E-state index in [0.29, 0.717) is 11.7 Å². The molecule has 7 nitrogen and oxygen atoms in total. The summed E-state index contributed by atoms with van der Waals surface area (Å²) in [7, 11) is 0. The van der Waals surface area contributed by atoms with Gasteiger partial charge in [0.1, 0.15) is 6.33 Å². The van der Waals surface area contributed by atoms with Gasteiger partial charge >= 0.3 is 0 Å². The van der Waals surface area contributed by atoms with Gasteiger partial charge in [0.15, 0.2) is 5.16 Å². The first-order chi connectivity index (χ1) is 15.1. The number of thioether (sulfide) groups is 1. The van der Waals surface area contributed by atoms with Crippen molar-refractivity contribution in [2.24, 2.45) is 0 Å². The molecule has 0 spiro atoms. The molecule has 1 saturated heterocycles. The number of piperazine rings is 1. The lowest BCUT2D eigenvalue weighted by molar-refractivity contribution is -0.130. The Bertz CT molecular complexity index is 981. The molecule has 1 aromatic carbocycles. The Morgan fingerprint density at radius 1 is 1.06 bits per heavy atom. The minimum Gasteiger partial charge on any atom is -0.339 e. The molecule has 0 aliphatic carbocycles. The van der Waals surface area contributed by atoms with Gasteiger partial charge in [-0.05, 0) is 35.7 Å². The Kier molecular flexibility index (Phi) is 6.99. The van der Waals surface area contributed by atoms with E-state index in [2.05, 4.69) is 58.2 Å². The molecular weight excluding hydrogens is 408 g/mol. The lowest BCUT2D eigenvalue weighted by Crippen LogP contribution is -2.48. The van der Waals surface area contributed by atoms with Gasteiger partial charge < -0.3 is 4.90 Å². The average molecular weight is 437 g/mol. The van der Waals surface area contributed by atoms with Gasteiger partial charge in [0.2, 0.25) is 5.91 Å². The van der Waals surface area contributed by atoms with E-state index < -0.39 is 0 Å². The summed E-state index contributed by atoms with van der Waals surface area (Å²) in [5.41, 5.74) is 3.37. The molecule has 0 atom stereocenters. The number of carbonyl (C=O) groups is 1. The maximum Gasteiger partial charge on any atom is 0.233 e. The van der Waals surface area contributed by atoms with Crippen molar-refractivity contribution >= 4 is 17.7 Å². The molecule has 0 N–H and O–H groups in total. The molecule has 1 amide bonds. The molecule has 1 aliphatic heterocycles. The van der Waals surface area contributed by atoms with Crippen LogP contribution in [0.2, 0.25) is 0 Å². The second kappa shape index (κ2) is 10.1. The molecular formula is C23H28N6OS. The lowest BCUT2D eigenvalue weighted by atomic mass is 10.0. The Morgan fingerprint density at radius 2 is 1.84 bits per heavy atom. The van der Waals surface area contributed by atoms with E-state index >= 15 is 0 Å². The van der Waals surface area contributed by atoms with E-state index in [1.165, 1.54) is 17.3 Å². The smallest absolute Gasteiger partial charge is 0.233 e. The highest BCUT2D eigenvalue weighted by Crippen LogP contribution is 2.22. The van der Waals surface area contributed by atoms with E-state index in [-0.39, 0.29) is 5.91 Å². The van der Waals surface area contributed by atoms with Gasteiger partial charge in [0, 0.05) is 44.6 Å². The fourth-order valence-corrected chi connectivity index (χ4v) is 4.45. The van der Waals surface area contributed by atoms with Gasteiger partial charge in [-0.25, -0.2) is 0 Å². The first-order valence-corrected chi connectivity index (χ1v) is 11.6. The SMILES string of the molecule is CC(C)c1ccc(-n2cnnc2SCC(=O)N2CCN(Cc3ccccn3)CC2)cc1. The number of benzene rings is 1. The number of rotatable bonds is 7. The van der Waals surface area contributed by atoms with Crippen molar-refractivity contribution in [3.63, 3.8) is 0 Å². The van der Waals surface area contributed by atoms with Crippen LogP contribution in [-0.2, 0) is 11.3 Å². The molecule has 31 heavy (non-hydrogen) atoms. The molecule has 0 saturated carbocycles. The number of amides is 1. The highest BCUT2D eigenvalue weighted by atomic mass is 32.2. The van der Waals surface area contributed by atoms with Crippen LogP contribution in [0.5, 0.6) is 0 Å². The number of nitrogens with zero attached hydrogens (tertiary/aromatic N) is 6. The number of hydrogen-bond donors (Lipinski definition) is 0. The van der Waals surface area contributed by atoms with E-state index in [0.717, 1.165) is 49.3 Å². The third-order valence-electron chi connectivity index (χ3n) is 5.52. The van der Waals surface area contributed by atoms with Crippen molar-refractivity contribution in [1.82, 2.24) is 29.5 Å². The van der Waals surface area contributed by atoms with E-state index in [4.69, 9.17) is 0 Å². The number of aromatic nitrogens is 4. The minimum absolute atomic E-state index is 0.146. The topological polar surface area (TPSA) is 67.2 Å². The molecule has 0 unspecified atom stereocenters. The van der Waals surface area contributed by atoms with Crippen LogP contribution < -0.4 is 0 Å². The average Bonchev–Trinajstić information content (AvgIpc) is 3.27. The number of hydrogen-bond acceptors (Lipinski definition) is 6. The van der Waals surface area contributed by atoms with Gasteiger partial charge in [0.05, 0.1) is 11.4 Å². The monoisotopic (exact) mass is 436 g/mol. The summed E-state index contributed by atoms with van der Waals surface area (Å²) < 4.78 is 1.94. The maximum atomic E-state index is 12.7. The predicted octanol–water partition coefficient (Wildman–Crippen LogP) is 3.22. The van der Waals surface area contributed by atoms with E-state index in [1.807, 2.05) is 33.9 Å². The fraction of sp³-hybridized carbons (Fsp3) is 0.391. The third-order valence-corrected chi connectivity index (χ3v) is 6.44. The summed E-state index contributed by atoms with van der Waals surface area (Å²) in [6.45, 7) is 8.41. The standard InChI is InChI=1S/C23H28N6OS/c1-18(2)19-6-8-21(9-7-19)29-17-25-26-23(29)31-16-22(30)28-13-11-27(12-14-28)15-20-5-3-4-10-24-20/h3-10,17-18H,11-16H2,1-2H3. The third kappa shape index (κ3) is 5.51. The summed E-state index contributed by atoms with van der Waals surface area (Å²) in [5, 5.41) is 9.00. The van der Waals surface area contributed by atoms with Crippen LogP contribution in [0.15, 0.2) is 60.1 Å². The molecule has 0 bridgehead atoms. The summed E-state index contributed by atoms with van der Waals surface area (Å²) >= 11 is 1.44. The van der Waals surface area contributed by atoms with Crippen LogP contribution in [0.3, 0.4) is 0 Å². The molecule has 8 heteroatoms. The van der Waals surface area contributed by atoms with Crippen molar-refractivity contribution < 1.29 is 4.79 Å². The summed E-state index contributed by atoms with van der Waals surface area (Å²) in [6.07, 6.45) is 3.53. The molecule has 1 aliphatic rings. The first kappa shape index (κ1) is 21.5. The molecule has 2 aromatic heterocycles. The van der Waals surface area contributed by atoms with Crippen LogP contribution in [0, 0.1) is 0 Å². The van der Waals surface area contributed by atoms with Gasteiger partial charge in [-0.1, -0.05) is 43.8 Å². The van der Waals surface area contributed by atoms with Crippen LogP contribution >= 0.6 is 11.8 Å². The molecule has 162 valence electrons. The molecule has 0 radical (unpaired) electrons. The number of carbonyl (C=O) groups excluding carboxylic acids is 1. The van der Waals surface area contributed by atoms with Crippen LogP contribution in [0.25, 0.3) is 5.69 Å². The van der Waals surface area contributed by atoms with Gasteiger partial charge in [-0.2, -0.15) is 0 Å². The fourth-order valence-electron chi connectivity index (χ4n) is 3.61. The van der Waals surface area contributed by atoms with Crippen molar-refractivity contribution in [3.8, 4) is 5.69 Å². The molecule has 3 heterocycles. The maximum absolute atomic E-state index is 12.7. The predicted molar refractivity (Wildman–Crippen MR) is 122 cm³/mol. The summed E-state index contributed by atoms with van der Waals surface area (Å²) in [4.78, 5) is 21.4. The van der Waals surface area contributed by atoms with Crippen molar-refractivity contribution in [2.45, 2.75) is 31.5 Å². The quantitative estimate of drug-likeness (QED) is 0.530. The van der Waals surface area contributed by atoms with Crippen LogP contribution in [-0.4, -0.2) is 67.4 Å². The Labute approximate surface area is 187 Å². The highest BCUT2D eigenvalue weighted by molar-refractivity contribution is 7.99. The molecule has 4 rings (SSSR count). The Hall–Kier alpha value is -2.71. The zero-order valence-corrected chi connectivity index (χ0v) is 18.8.